The molecule has 20 heavy (non-hydrogen) atoms. The Morgan fingerprint density at radius 1 is 1.30 bits per heavy atom. The summed E-state index contributed by atoms with van der Waals surface area (Å²) in [5.41, 5.74) is -0.109. The van der Waals surface area contributed by atoms with Crippen molar-refractivity contribution in [2.24, 2.45) is 5.41 Å². The largest absolute Gasteiger partial charge is 0.491 e. The van der Waals surface area contributed by atoms with E-state index in [4.69, 9.17) is 43.9 Å². The van der Waals surface area contributed by atoms with Gasteiger partial charge in [0.1, 0.15) is 15.7 Å². The average Bonchev–Trinajstić information content (AvgIpc) is 3.10. The van der Waals surface area contributed by atoms with E-state index in [1.807, 2.05) is 0 Å². The van der Waals surface area contributed by atoms with Crippen LogP contribution in [0.1, 0.15) is 19.3 Å². The molecule has 0 radical (unpaired) electrons. The molecule has 0 saturated heterocycles. The van der Waals surface area contributed by atoms with Crippen molar-refractivity contribution < 1.29 is 13.2 Å². The predicted octanol–water partition coefficient (Wildman–Crippen LogP) is 3.99. The van der Waals surface area contributed by atoms with Crippen LogP contribution in [-0.2, 0) is 9.05 Å². The number of hydrogen-bond acceptors (Lipinski definition) is 4. The second kappa shape index (κ2) is 5.61. The van der Waals surface area contributed by atoms with E-state index >= 15 is 0 Å². The number of benzene rings is 1. The van der Waals surface area contributed by atoms with Crippen LogP contribution in [0.2, 0.25) is 10.0 Å². The number of halogens is 3. The highest BCUT2D eigenvalue weighted by molar-refractivity contribution is 8.13. The van der Waals surface area contributed by atoms with Gasteiger partial charge in [0.15, 0.2) is 0 Å². The van der Waals surface area contributed by atoms with Gasteiger partial charge in [-0.15, -0.1) is 0 Å². The molecule has 0 aliphatic heterocycles. The van der Waals surface area contributed by atoms with Crippen LogP contribution in [0.3, 0.4) is 0 Å². The van der Waals surface area contributed by atoms with Crippen molar-refractivity contribution in [3.8, 4) is 11.8 Å². The molecule has 0 atom stereocenters. The maximum absolute atomic E-state index is 11.3. The molecule has 8 heteroatoms. The maximum atomic E-state index is 11.3. The first-order valence-electron chi connectivity index (χ1n) is 5.71. The van der Waals surface area contributed by atoms with Crippen LogP contribution in [0.15, 0.2) is 17.0 Å². The van der Waals surface area contributed by atoms with Gasteiger partial charge in [0.05, 0.1) is 17.7 Å². The smallest absolute Gasteiger partial charge is 0.262 e. The number of nitriles is 1. The van der Waals surface area contributed by atoms with Crippen molar-refractivity contribution in [3.05, 3.63) is 22.2 Å². The summed E-state index contributed by atoms with van der Waals surface area (Å²) in [6.07, 6.45) is 2.28. The Balaban J connectivity index is 2.19. The molecule has 4 nitrogen and oxygen atoms in total. The first kappa shape index (κ1) is 15.7. The minimum Gasteiger partial charge on any atom is -0.491 e. The fourth-order valence-electron chi connectivity index (χ4n) is 1.76. The highest BCUT2D eigenvalue weighted by atomic mass is 35.7. The van der Waals surface area contributed by atoms with E-state index < -0.39 is 9.05 Å². The van der Waals surface area contributed by atoms with Crippen molar-refractivity contribution in [1.29, 1.82) is 5.26 Å². The summed E-state index contributed by atoms with van der Waals surface area (Å²) >= 11 is 11.9. The molecule has 0 heterocycles. The van der Waals surface area contributed by atoms with E-state index in [1.54, 1.807) is 0 Å². The number of hydrogen-bond donors (Lipinski definition) is 0. The summed E-state index contributed by atoms with van der Waals surface area (Å²) < 4.78 is 28.1. The van der Waals surface area contributed by atoms with E-state index in [0.717, 1.165) is 12.8 Å². The number of ether oxygens (including phenoxy) is 1. The van der Waals surface area contributed by atoms with Gasteiger partial charge in [-0.25, -0.2) is 8.42 Å². The topological polar surface area (TPSA) is 67.2 Å². The Kier molecular flexibility index (Phi) is 4.41. The van der Waals surface area contributed by atoms with Gasteiger partial charge in [-0.2, -0.15) is 5.26 Å². The lowest BCUT2D eigenvalue weighted by atomic mass is 10.1. The molecule has 0 bridgehead atoms. The molecule has 1 aliphatic rings. The summed E-state index contributed by atoms with van der Waals surface area (Å²) in [5, 5.41) is 8.57. The molecular formula is C12H10Cl3NO3S. The Morgan fingerprint density at radius 2 is 1.95 bits per heavy atom. The highest BCUT2D eigenvalue weighted by Gasteiger charge is 2.43. The van der Waals surface area contributed by atoms with Crippen molar-refractivity contribution in [2.45, 2.75) is 24.2 Å². The molecule has 0 spiro atoms. The minimum atomic E-state index is -3.96. The third-order valence-corrected chi connectivity index (χ3v) is 5.56. The van der Waals surface area contributed by atoms with Crippen LogP contribution in [0, 0.1) is 16.7 Å². The fraction of sp³-hybridized carbons (Fsp3) is 0.417. The average molecular weight is 355 g/mol. The molecule has 1 aromatic rings. The SMILES string of the molecule is N#CCC1(COc2ccc(S(=O)(=O)Cl)c(Cl)c2Cl)CC1. The van der Waals surface area contributed by atoms with Crippen LogP contribution in [0.4, 0.5) is 0 Å². The van der Waals surface area contributed by atoms with Crippen molar-refractivity contribution in [1.82, 2.24) is 0 Å². The van der Waals surface area contributed by atoms with Gasteiger partial charge in [0.25, 0.3) is 9.05 Å². The Morgan fingerprint density at radius 3 is 2.45 bits per heavy atom. The number of nitrogens with zero attached hydrogens (tertiary/aromatic N) is 1. The monoisotopic (exact) mass is 353 g/mol. The zero-order valence-corrected chi connectivity index (χ0v) is 13.3. The summed E-state index contributed by atoms with van der Waals surface area (Å²) in [6, 6.07) is 4.78. The molecule has 0 unspecified atom stereocenters. The summed E-state index contributed by atoms with van der Waals surface area (Å²) in [4.78, 5) is -0.253. The van der Waals surface area contributed by atoms with Crippen LogP contribution in [-0.4, -0.2) is 15.0 Å². The third-order valence-electron chi connectivity index (χ3n) is 3.22. The molecular weight excluding hydrogens is 345 g/mol. The van der Waals surface area contributed by atoms with Crippen LogP contribution >= 0.6 is 33.9 Å². The zero-order valence-electron chi connectivity index (χ0n) is 10.2. The van der Waals surface area contributed by atoms with Crippen molar-refractivity contribution in [3.63, 3.8) is 0 Å². The van der Waals surface area contributed by atoms with Gasteiger partial charge in [-0.3, -0.25) is 0 Å². The highest BCUT2D eigenvalue weighted by Crippen LogP contribution is 2.49. The quantitative estimate of drug-likeness (QED) is 0.750. The Bertz CT molecular complexity index is 678. The third kappa shape index (κ3) is 3.32. The lowest BCUT2D eigenvalue weighted by Crippen LogP contribution is -2.12. The molecule has 108 valence electrons. The number of rotatable bonds is 5. The Labute approximate surface area is 131 Å². The molecule has 0 aromatic heterocycles. The molecule has 1 fully saturated rings. The molecule has 1 aliphatic carbocycles. The summed E-state index contributed by atoms with van der Waals surface area (Å²) in [5.74, 6) is 0.282. The normalized spacial score (nSPS) is 16.5. The minimum absolute atomic E-state index is 0.00106. The lowest BCUT2D eigenvalue weighted by molar-refractivity contribution is 0.237. The van der Waals surface area contributed by atoms with Gasteiger partial charge in [-0.1, -0.05) is 23.2 Å². The van der Waals surface area contributed by atoms with Crippen LogP contribution in [0.25, 0.3) is 0 Å². The van der Waals surface area contributed by atoms with Gasteiger partial charge in [0, 0.05) is 22.5 Å². The fourth-order valence-corrected chi connectivity index (χ4v) is 3.55. The Hall–Kier alpha value is -0.670. The lowest BCUT2D eigenvalue weighted by Gasteiger charge is -2.15. The van der Waals surface area contributed by atoms with Crippen molar-refractivity contribution in [2.75, 3.05) is 6.61 Å². The van der Waals surface area contributed by atoms with Gasteiger partial charge >= 0.3 is 0 Å². The molecule has 1 saturated carbocycles. The summed E-state index contributed by atoms with van der Waals surface area (Å²) in [7, 11) is 1.29. The molecule has 0 amide bonds. The van der Waals surface area contributed by atoms with Gasteiger partial charge in [-0.05, 0) is 25.0 Å². The predicted molar refractivity (Wildman–Crippen MR) is 76.9 cm³/mol. The summed E-state index contributed by atoms with van der Waals surface area (Å²) in [6.45, 7) is 0.351. The molecule has 1 aromatic carbocycles. The van der Waals surface area contributed by atoms with Crippen LogP contribution in [0.5, 0.6) is 5.75 Å². The van der Waals surface area contributed by atoms with E-state index in [-0.39, 0.29) is 26.1 Å². The first-order valence-corrected chi connectivity index (χ1v) is 8.78. The zero-order chi connectivity index (χ0) is 15.0. The van der Waals surface area contributed by atoms with Gasteiger partial charge in [0.2, 0.25) is 0 Å². The maximum Gasteiger partial charge on any atom is 0.262 e. The standard InChI is InChI=1S/C12H10Cl3NO3S/c13-10-8(19-7-12(3-4-12)5-6-16)1-2-9(11(10)14)20(15,17)18/h1-2H,3-5,7H2. The second-order valence-electron chi connectivity index (χ2n) is 4.75. The van der Waals surface area contributed by atoms with E-state index in [2.05, 4.69) is 6.07 Å². The van der Waals surface area contributed by atoms with Crippen molar-refractivity contribution >= 4 is 42.9 Å². The van der Waals surface area contributed by atoms with E-state index in [0.29, 0.717) is 13.0 Å². The van der Waals surface area contributed by atoms with Gasteiger partial charge < -0.3 is 4.74 Å². The van der Waals surface area contributed by atoms with Crippen LogP contribution < -0.4 is 4.74 Å². The van der Waals surface area contributed by atoms with E-state index in [9.17, 15) is 8.42 Å². The molecule has 2 rings (SSSR count). The molecule has 0 N–H and O–H groups in total. The van der Waals surface area contributed by atoms with E-state index in [1.165, 1.54) is 12.1 Å². The second-order valence-corrected chi connectivity index (χ2v) is 8.04. The first-order chi connectivity index (χ1) is 9.29.